The van der Waals surface area contributed by atoms with Crippen molar-refractivity contribution < 1.29 is 9.13 Å². The van der Waals surface area contributed by atoms with Crippen molar-refractivity contribution in [2.24, 2.45) is 5.73 Å². The minimum absolute atomic E-state index is 0.315. The number of nitrogens with one attached hydrogen (secondary N) is 1. The third-order valence-corrected chi connectivity index (χ3v) is 3.75. The summed E-state index contributed by atoms with van der Waals surface area (Å²) in [6.45, 7) is 1.23. The van der Waals surface area contributed by atoms with Crippen molar-refractivity contribution in [1.29, 1.82) is 0 Å². The van der Waals surface area contributed by atoms with Gasteiger partial charge in [-0.2, -0.15) is 4.98 Å². The van der Waals surface area contributed by atoms with E-state index in [1.54, 1.807) is 6.07 Å². The molecule has 3 rings (SSSR count). The number of halogens is 1. The standard InChI is InChI=1S/C14H20FN5O/c15-10-1-6-13-18-14(19-20(13)9-10)17-7-8-21-12-4-2-11(16)3-5-12/h1,6,9,11-12H,2-5,7-8,16H2,(H,17,19). The maximum atomic E-state index is 13.0. The van der Waals surface area contributed by atoms with Gasteiger partial charge < -0.3 is 15.8 Å². The molecule has 0 amide bonds. The zero-order valence-electron chi connectivity index (χ0n) is 11.8. The Labute approximate surface area is 122 Å². The highest BCUT2D eigenvalue weighted by atomic mass is 19.1. The molecule has 2 heterocycles. The van der Waals surface area contributed by atoms with E-state index in [2.05, 4.69) is 15.4 Å². The van der Waals surface area contributed by atoms with Crippen LogP contribution in [0.1, 0.15) is 25.7 Å². The normalized spacial score (nSPS) is 22.6. The molecule has 2 aromatic heterocycles. The smallest absolute Gasteiger partial charge is 0.243 e. The first-order valence-corrected chi connectivity index (χ1v) is 7.34. The van der Waals surface area contributed by atoms with Gasteiger partial charge in [-0.1, -0.05) is 0 Å². The van der Waals surface area contributed by atoms with Gasteiger partial charge in [0, 0.05) is 12.6 Å². The highest BCUT2D eigenvalue weighted by Crippen LogP contribution is 2.19. The van der Waals surface area contributed by atoms with Crippen LogP contribution < -0.4 is 11.1 Å². The zero-order valence-corrected chi connectivity index (χ0v) is 11.8. The fourth-order valence-electron chi connectivity index (χ4n) is 2.58. The van der Waals surface area contributed by atoms with E-state index in [4.69, 9.17) is 10.5 Å². The first-order valence-electron chi connectivity index (χ1n) is 7.34. The van der Waals surface area contributed by atoms with Crippen molar-refractivity contribution in [3.05, 3.63) is 24.1 Å². The minimum Gasteiger partial charge on any atom is -0.376 e. The van der Waals surface area contributed by atoms with Gasteiger partial charge in [-0.25, -0.2) is 8.91 Å². The molecule has 1 fully saturated rings. The first-order chi connectivity index (χ1) is 10.2. The number of hydrogen-bond donors (Lipinski definition) is 2. The molecule has 0 aliphatic heterocycles. The van der Waals surface area contributed by atoms with Gasteiger partial charge in [-0.05, 0) is 37.8 Å². The zero-order chi connectivity index (χ0) is 14.7. The molecular formula is C14H20FN5O. The summed E-state index contributed by atoms with van der Waals surface area (Å²) < 4.78 is 20.3. The summed E-state index contributed by atoms with van der Waals surface area (Å²) in [5, 5.41) is 7.24. The predicted molar refractivity (Wildman–Crippen MR) is 77.6 cm³/mol. The van der Waals surface area contributed by atoms with Crippen molar-refractivity contribution in [1.82, 2.24) is 14.6 Å². The predicted octanol–water partition coefficient (Wildman–Crippen LogP) is 1.57. The third kappa shape index (κ3) is 3.68. The largest absolute Gasteiger partial charge is 0.376 e. The summed E-state index contributed by atoms with van der Waals surface area (Å²) in [6, 6.07) is 3.30. The number of ether oxygens (including phenoxy) is 1. The van der Waals surface area contributed by atoms with Crippen LogP contribution in [0.4, 0.5) is 10.3 Å². The second-order valence-corrected chi connectivity index (χ2v) is 5.42. The molecule has 0 aromatic carbocycles. The van der Waals surface area contributed by atoms with E-state index in [1.807, 2.05) is 0 Å². The third-order valence-electron chi connectivity index (χ3n) is 3.75. The fourth-order valence-corrected chi connectivity index (χ4v) is 2.58. The molecule has 21 heavy (non-hydrogen) atoms. The van der Waals surface area contributed by atoms with Crippen molar-refractivity contribution in [2.45, 2.75) is 37.8 Å². The van der Waals surface area contributed by atoms with Crippen molar-refractivity contribution in [2.75, 3.05) is 18.5 Å². The number of anilines is 1. The van der Waals surface area contributed by atoms with Crippen LogP contribution >= 0.6 is 0 Å². The molecular weight excluding hydrogens is 273 g/mol. The van der Waals surface area contributed by atoms with Crippen LogP contribution in [0.2, 0.25) is 0 Å². The molecule has 1 saturated carbocycles. The first kappa shape index (κ1) is 14.2. The van der Waals surface area contributed by atoms with Gasteiger partial charge >= 0.3 is 0 Å². The lowest BCUT2D eigenvalue weighted by Gasteiger charge is -2.26. The molecule has 0 saturated heterocycles. The van der Waals surface area contributed by atoms with Gasteiger partial charge in [-0.3, -0.25) is 0 Å². The monoisotopic (exact) mass is 293 g/mol. The van der Waals surface area contributed by atoms with Gasteiger partial charge in [0.25, 0.3) is 0 Å². The van der Waals surface area contributed by atoms with Crippen LogP contribution in [0, 0.1) is 5.82 Å². The summed E-state index contributed by atoms with van der Waals surface area (Å²) in [5.41, 5.74) is 6.47. The van der Waals surface area contributed by atoms with Gasteiger partial charge in [0.05, 0.1) is 18.9 Å². The summed E-state index contributed by atoms with van der Waals surface area (Å²) in [6.07, 6.45) is 5.76. The van der Waals surface area contributed by atoms with Gasteiger partial charge in [0.2, 0.25) is 5.95 Å². The Morgan fingerprint density at radius 2 is 2.14 bits per heavy atom. The summed E-state index contributed by atoms with van der Waals surface area (Å²) in [7, 11) is 0. The van der Waals surface area contributed by atoms with E-state index >= 15 is 0 Å². The van der Waals surface area contributed by atoms with Crippen LogP contribution in [0.15, 0.2) is 18.3 Å². The van der Waals surface area contributed by atoms with E-state index in [-0.39, 0.29) is 5.82 Å². The van der Waals surface area contributed by atoms with Crippen LogP contribution in [-0.2, 0) is 4.74 Å². The van der Waals surface area contributed by atoms with Gasteiger partial charge in [-0.15, -0.1) is 5.10 Å². The number of nitrogens with zero attached hydrogens (tertiary/aromatic N) is 3. The Morgan fingerprint density at radius 1 is 1.33 bits per heavy atom. The van der Waals surface area contributed by atoms with E-state index < -0.39 is 0 Å². The van der Waals surface area contributed by atoms with Crippen molar-refractivity contribution in [3.8, 4) is 0 Å². The maximum Gasteiger partial charge on any atom is 0.243 e. The van der Waals surface area contributed by atoms with E-state index in [9.17, 15) is 4.39 Å². The van der Waals surface area contributed by atoms with Crippen molar-refractivity contribution in [3.63, 3.8) is 0 Å². The average Bonchev–Trinajstić information content (AvgIpc) is 2.87. The van der Waals surface area contributed by atoms with E-state index in [0.717, 1.165) is 25.7 Å². The Bertz CT molecular complexity index is 594. The van der Waals surface area contributed by atoms with Crippen LogP contribution in [-0.4, -0.2) is 39.9 Å². The Kier molecular flexibility index (Phi) is 4.31. The fraction of sp³-hybridized carbons (Fsp3) is 0.571. The molecule has 1 aliphatic rings. The lowest BCUT2D eigenvalue weighted by atomic mass is 9.94. The van der Waals surface area contributed by atoms with Crippen LogP contribution in [0.25, 0.3) is 5.65 Å². The molecule has 0 radical (unpaired) electrons. The number of nitrogens with two attached hydrogens (primary N) is 1. The molecule has 1 aliphatic carbocycles. The Balaban J connectivity index is 1.44. The average molecular weight is 293 g/mol. The molecule has 0 unspecified atom stereocenters. The topological polar surface area (TPSA) is 77.5 Å². The lowest BCUT2D eigenvalue weighted by molar-refractivity contribution is 0.0312. The molecule has 0 spiro atoms. The Hall–Kier alpha value is -1.73. The highest BCUT2D eigenvalue weighted by Gasteiger charge is 2.18. The van der Waals surface area contributed by atoms with E-state index in [0.29, 0.717) is 36.9 Å². The molecule has 7 heteroatoms. The lowest BCUT2D eigenvalue weighted by Crippen LogP contribution is -2.31. The summed E-state index contributed by atoms with van der Waals surface area (Å²) in [4.78, 5) is 4.25. The second kappa shape index (κ2) is 6.36. The number of pyridine rings is 1. The van der Waals surface area contributed by atoms with Crippen LogP contribution in [0.3, 0.4) is 0 Å². The number of hydrogen-bond acceptors (Lipinski definition) is 5. The molecule has 6 nitrogen and oxygen atoms in total. The Morgan fingerprint density at radius 3 is 2.95 bits per heavy atom. The number of aromatic nitrogens is 3. The summed E-state index contributed by atoms with van der Waals surface area (Å²) in [5.74, 6) is 0.146. The van der Waals surface area contributed by atoms with Crippen molar-refractivity contribution >= 4 is 11.6 Å². The van der Waals surface area contributed by atoms with Gasteiger partial charge in [0.1, 0.15) is 5.82 Å². The molecule has 114 valence electrons. The second-order valence-electron chi connectivity index (χ2n) is 5.42. The van der Waals surface area contributed by atoms with E-state index in [1.165, 1.54) is 16.8 Å². The summed E-state index contributed by atoms with van der Waals surface area (Å²) >= 11 is 0. The number of fused-ring (bicyclic) bond motifs is 1. The quantitative estimate of drug-likeness (QED) is 0.818. The molecule has 0 atom stereocenters. The molecule has 0 bridgehead atoms. The maximum absolute atomic E-state index is 13.0. The van der Waals surface area contributed by atoms with Gasteiger partial charge in [0.15, 0.2) is 5.65 Å². The minimum atomic E-state index is -0.335. The van der Waals surface area contributed by atoms with Crippen LogP contribution in [0.5, 0.6) is 0 Å². The molecule has 3 N–H and O–H groups in total. The highest BCUT2D eigenvalue weighted by molar-refractivity contribution is 5.42. The SMILES string of the molecule is NC1CCC(OCCNc2nc3ccc(F)cn3n2)CC1. The molecule has 2 aromatic rings. The number of rotatable bonds is 5.